The second-order valence-electron chi connectivity index (χ2n) is 5.46. The summed E-state index contributed by atoms with van der Waals surface area (Å²) in [6.07, 6.45) is 2.98. The number of nitrogens with two attached hydrogens (primary N) is 1. The number of rotatable bonds is 7. The molecule has 1 unspecified atom stereocenters. The van der Waals surface area contributed by atoms with E-state index in [1.807, 2.05) is 30.3 Å². The molecule has 0 heterocycles. The first kappa shape index (κ1) is 15.6. The van der Waals surface area contributed by atoms with E-state index in [1.165, 1.54) is 0 Å². The highest BCUT2D eigenvalue weighted by atomic mass is 16.5. The molecule has 0 aliphatic carbocycles. The van der Waals surface area contributed by atoms with Gasteiger partial charge in [-0.25, -0.2) is 0 Å². The highest BCUT2D eigenvalue weighted by molar-refractivity contribution is 5.40. The van der Waals surface area contributed by atoms with Crippen molar-refractivity contribution in [3.05, 3.63) is 65.7 Å². The van der Waals surface area contributed by atoms with Gasteiger partial charge in [-0.2, -0.15) is 0 Å². The molecule has 2 rings (SSSR count). The summed E-state index contributed by atoms with van der Waals surface area (Å²) in [7, 11) is 0. The summed E-state index contributed by atoms with van der Waals surface area (Å²) in [6.45, 7) is 5.03. The Morgan fingerprint density at radius 3 is 2.05 bits per heavy atom. The van der Waals surface area contributed by atoms with Gasteiger partial charge in [0.05, 0.1) is 12.1 Å². The first-order chi connectivity index (χ1) is 10.2. The van der Waals surface area contributed by atoms with Crippen LogP contribution in [-0.2, 0) is 5.54 Å². The fraction of sp³-hybridized carbons (Fsp3) is 0.368. The van der Waals surface area contributed by atoms with Crippen molar-refractivity contribution in [1.82, 2.24) is 0 Å². The molecule has 1 atom stereocenters. The van der Waals surface area contributed by atoms with Crippen molar-refractivity contribution in [3.8, 4) is 5.75 Å². The predicted molar refractivity (Wildman–Crippen MR) is 88.5 cm³/mol. The van der Waals surface area contributed by atoms with Crippen LogP contribution < -0.4 is 10.5 Å². The van der Waals surface area contributed by atoms with Crippen LogP contribution >= 0.6 is 0 Å². The average Bonchev–Trinajstić information content (AvgIpc) is 2.54. The molecule has 0 aromatic heterocycles. The molecule has 0 amide bonds. The molecule has 2 N–H and O–H groups in total. The van der Waals surface area contributed by atoms with Gasteiger partial charge in [0.1, 0.15) is 5.75 Å². The zero-order chi connectivity index (χ0) is 15.1. The maximum absolute atomic E-state index is 6.76. The third kappa shape index (κ3) is 3.64. The number of hydrogen-bond donors (Lipinski definition) is 1. The van der Waals surface area contributed by atoms with Crippen LogP contribution in [0.25, 0.3) is 0 Å². The molecule has 0 spiro atoms. The Labute approximate surface area is 127 Å². The molecular weight excluding hydrogens is 258 g/mol. The Bertz CT molecular complexity index is 535. The molecule has 0 saturated carbocycles. The summed E-state index contributed by atoms with van der Waals surface area (Å²) in [5.74, 6) is 0.910. The van der Waals surface area contributed by atoms with E-state index in [2.05, 4.69) is 38.1 Å². The number of benzene rings is 2. The molecule has 2 aromatic rings. The Kier molecular flexibility index (Phi) is 5.40. The van der Waals surface area contributed by atoms with Crippen LogP contribution in [0, 0.1) is 0 Å². The quantitative estimate of drug-likeness (QED) is 0.813. The summed E-state index contributed by atoms with van der Waals surface area (Å²) in [6, 6.07) is 18.6. The topological polar surface area (TPSA) is 35.2 Å². The van der Waals surface area contributed by atoms with E-state index in [1.54, 1.807) is 0 Å². The van der Waals surface area contributed by atoms with Gasteiger partial charge in [-0.05, 0) is 36.1 Å². The van der Waals surface area contributed by atoms with E-state index in [-0.39, 0.29) is 0 Å². The lowest BCUT2D eigenvalue weighted by Gasteiger charge is -2.30. The van der Waals surface area contributed by atoms with Crippen molar-refractivity contribution in [2.24, 2.45) is 5.73 Å². The first-order valence-electron chi connectivity index (χ1n) is 7.78. The predicted octanol–water partition coefficient (Wildman–Crippen LogP) is 4.48. The van der Waals surface area contributed by atoms with Crippen molar-refractivity contribution in [2.45, 2.75) is 38.6 Å². The van der Waals surface area contributed by atoms with Crippen LogP contribution in [0.2, 0.25) is 0 Å². The third-order valence-electron chi connectivity index (χ3n) is 3.78. The largest absolute Gasteiger partial charge is 0.494 e. The van der Waals surface area contributed by atoms with Gasteiger partial charge in [-0.3, -0.25) is 0 Å². The van der Waals surface area contributed by atoms with Crippen LogP contribution in [0.3, 0.4) is 0 Å². The molecule has 21 heavy (non-hydrogen) atoms. The molecule has 0 bridgehead atoms. The van der Waals surface area contributed by atoms with Crippen molar-refractivity contribution in [1.29, 1.82) is 0 Å². The highest BCUT2D eigenvalue weighted by Gasteiger charge is 2.28. The van der Waals surface area contributed by atoms with Gasteiger partial charge in [0.15, 0.2) is 0 Å². The molecule has 0 fully saturated rings. The lowest BCUT2D eigenvalue weighted by Crippen LogP contribution is -2.37. The number of hydrogen-bond acceptors (Lipinski definition) is 2. The van der Waals surface area contributed by atoms with E-state index < -0.39 is 5.54 Å². The van der Waals surface area contributed by atoms with Crippen LogP contribution in [0.4, 0.5) is 0 Å². The standard InChI is InChI=1S/C19H25NO/c1-3-14-19(20,16-8-6-5-7-9-16)17-10-12-18(13-11-17)21-15-4-2/h5-13H,3-4,14-15,20H2,1-2H3. The van der Waals surface area contributed by atoms with Gasteiger partial charge >= 0.3 is 0 Å². The Hall–Kier alpha value is -1.80. The molecule has 112 valence electrons. The molecule has 0 radical (unpaired) electrons. The monoisotopic (exact) mass is 283 g/mol. The normalized spacial score (nSPS) is 13.7. The second-order valence-corrected chi connectivity index (χ2v) is 5.46. The Morgan fingerprint density at radius 1 is 0.857 bits per heavy atom. The fourth-order valence-electron chi connectivity index (χ4n) is 2.65. The van der Waals surface area contributed by atoms with E-state index in [4.69, 9.17) is 10.5 Å². The van der Waals surface area contributed by atoms with Crippen molar-refractivity contribution in [3.63, 3.8) is 0 Å². The van der Waals surface area contributed by atoms with Gasteiger partial charge < -0.3 is 10.5 Å². The lowest BCUT2D eigenvalue weighted by molar-refractivity contribution is 0.317. The summed E-state index contributed by atoms with van der Waals surface area (Å²) >= 11 is 0. The van der Waals surface area contributed by atoms with E-state index in [0.29, 0.717) is 0 Å². The zero-order valence-corrected chi connectivity index (χ0v) is 13.0. The van der Waals surface area contributed by atoms with Gasteiger partial charge in [0.2, 0.25) is 0 Å². The summed E-state index contributed by atoms with van der Waals surface area (Å²) in [5, 5.41) is 0. The summed E-state index contributed by atoms with van der Waals surface area (Å²) < 4.78 is 5.65. The van der Waals surface area contributed by atoms with Crippen LogP contribution in [0.1, 0.15) is 44.2 Å². The van der Waals surface area contributed by atoms with Crippen molar-refractivity contribution >= 4 is 0 Å². The lowest BCUT2D eigenvalue weighted by atomic mass is 9.80. The Morgan fingerprint density at radius 2 is 1.48 bits per heavy atom. The average molecular weight is 283 g/mol. The molecule has 2 nitrogen and oxygen atoms in total. The maximum Gasteiger partial charge on any atom is 0.119 e. The SMILES string of the molecule is CCCOc1ccc(C(N)(CCC)c2ccccc2)cc1. The van der Waals surface area contributed by atoms with Gasteiger partial charge in [0, 0.05) is 0 Å². The van der Waals surface area contributed by atoms with Crippen LogP contribution in [-0.4, -0.2) is 6.61 Å². The molecule has 0 saturated heterocycles. The maximum atomic E-state index is 6.76. The van der Waals surface area contributed by atoms with Crippen molar-refractivity contribution < 1.29 is 4.74 Å². The van der Waals surface area contributed by atoms with Gasteiger partial charge in [-0.1, -0.05) is 62.7 Å². The number of ether oxygens (including phenoxy) is 1. The molecule has 0 aliphatic heterocycles. The van der Waals surface area contributed by atoms with Crippen LogP contribution in [0.5, 0.6) is 5.75 Å². The highest BCUT2D eigenvalue weighted by Crippen LogP contribution is 2.32. The summed E-state index contributed by atoms with van der Waals surface area (Å²) in [5.41, 5.74) is 8.63. The minimum Gasteiger partial charge on any atom is -0.494 e. The van der Waals surface area contributed by atoms with Crippen molar-refractivity contribution in [2.75, 3.05) is 6.61 Å². The summed E-state index contributed by atoms with van der Waals surface area (Å²) in [4.78, 5) is 0. The second kappa shape index (κ2) is 7.28. The minimum atomic E-state index is -0.431. The minimum absolute atomic E-state index is 0.431. The van der Waals surface area contributed by atoms with Gasteiger partial charge in [-0.15, -0.1) is 0 Å². The smallest absolute Gasteiger partial charge is 0.119 e. The molecule has 0 aliphatic rings. The zero-order valence-electron chi connectivity index (χ0n) is 13.0. The van der Waals surface area contributed by atoms with Gasteiger partial charge in [0.25, 0.3) is 0 Å². The molecule has 2 aromatic carbocycles. The van der Waals surface area contributed by atoms with E-state index in [0.717, 1.165) is 42.7 Å². The molecule has 2 heteroatoms. The van der Waals surface area contributed by atoms with E-state index >= 15 is 0 Å². The molecular formula is C19H25NO. The third-order valence-corrected chi connectivity index (χ3v) is 3.78. The fourth-order valence-corrected chi connectivity index (χ4v) is 2.65. The van der Waals surface area contributed by atoms with Crippen LogP contribution in [0.15, 0.2) is 54.6 Å². The first-order valence-corrected chi connectivity index (χ1v) is 7.78. The Balaban J connectivity index is 2.30. The van der Waals surface area contributed by atoms with E-state index in [9.17, 15) is 0 Å².